The Morgan fingerprint density at radius 1 is 1.09 bits per heavy atom. The molecule has 0 saturated carbocycles. The molecule has 0 aliphatic rings. The highest BCUT2D eigenvalue weighted by molar-refractivity contribution is 5.67. The average molecular weight is 315 g/mol. The molecule has 0 unspecified atom stereocenters. The maximum atomic E-state index is 14.2. The monoisotopic (exact) mass is 315 g/mol. The van der Waals surface area contributed by atoms with Gasteiger partial charge in [-0.2, -0.15) is 0 Å². The average Bonchev–Trinajstić information content (AvgIpc) is 2.49. The number of hydrogen-bond donors (Lipinski definition) is 0. The number of likely N-dealkylation sites (N-methyl/N-ethyl adjacent to an activating group) is 1. The molecule has 2 aromatic carbocycles. The lowest BCUT2D eigenvalue weighted by molar-refractivity contribution is 0.261. The SMILES string of the molecule is Cc1cc(-c2cccc(OCCN(C)C)c2)cc(C(C)C)c1F. The van der Waals surface area contributed by atoms with Crippen molar-refractivity contribution < 1.29 is 9.13 Å². The van der Waals surface area contributed by atoms with E-state index in [0.29, 0.717) is 12.2 Å². The van der Waals surface area contributed by atoms with Gasteiger partial charge in [0.2, 0.25) is 0 Å². The van der Waals surface area contributed by atoms with Crippen LogP contribution in [0.15, 0.2) is 36.4 Å². The minimum Gasteiger partial charge on any atom is -0.492 e. The van der Waals surface area contributed by atoms with Crippen molar-refractivity contribution >= 4 is 0 Å². The van der Waals surface area contributed by atoms with Crippen LogP contribution in [0.1, 0.15) is 30.9 Å². The second kappa shape index (κ2) is 7.60. The molecule has 0 aromatic heterocycles. The molecule has 0 spiro atoms. The third-order valence-corrected chi connectivity index (χ3v) is 3.88. The number of rotatable bonds is 6. The summed E-state index contributed by atoms with van der Waals surface area (Å²) < 4.78 is 20.0. The number of hydrogen-bond acceptors (Lipinski definition) is 2. The van der Waals surface area contributed by atoms with E-state index >= 15 is 0 Å². The standard InChI is InChI=1S/C20H26FNO/c1-14(2)19-13-17(11-15(3)20(19)21)16-7-6-8-18(12-16)23-10-9-22(4)5/h6-8,11-14H,9-10H2,1-5H3. The summed E-state index contributed by atoms with van der Waals surface area (Å²) in [5.41, 5.74) is 3.53. The lowest BCUT2D eigenvalue weighted by Crippen LogP contribution is -2.19. The van der Waals surface area contributed by atoms with E-state index in [4.69, 9.17) is 4.74 Å². The molecule has 0 atom stereocenters. The molecule has 2 aromatic rings. The van der Waals surface area contributed by atoms with Gasteiger partial charge in [-0.05, 0) is 73.5 Å². The maximum Gasteiger partial charge on any atom is 0.129 e. The Balaban J connectivity index is 2.28. The van der Waals surface area contributed by atoms with Crippen LogP contribution in [-0.4, -0.2) is 32.1 Å². The van der Waals surface area contributed by atoms with Crippen LogP contribution < -0.4 is 4.74 Å². The summed E-state index contributed by atoms with van der Waals surface area (Å²) in [6.45, 7) is 7.38. The molecule has 0 fully saturated rings. The number of nitrogens with zero attached hydrogens (tertiary/aromatic N) is 1. The van der Waals surface area contributed by atoms with Crippen LogP contribution in [0.5, 0.6) is 5.75 Å². The molecular weight excluding hydrogens is 289 g/mol. The molecule has 0 heterocycles. The molecule has 0 aliphatic carbocycles. The number of benzene rings is 2. The topological polar surface area (TPSA) is 12.5 Å². The predicted octanol–water partition coefficient (Wildman–Crippen LogP) is 4.86. The summed E-state index contributed by atoms with van der Waals surface area (Å²) in [6, 6.07) is 11.8. The zero-order valence-corrected chi connectivity index (χ0v) is 14.7. The van der Waals surface area contributed by atoms with Gasteiger partial charge in [0, 0.05) is 6.54 Å². The smallest absolute Gasteiger partial charge is 0.129 e. The summed E-state index contributed by atoms with van der Waals surface area (Å²) in [5, 5.41) is 0. The highest BCUT2D eigenvalue weighted by Crippen LogP contribution is 2.30. The van der Waals surface area contributed by atoms with Gasteiger partial charge in [0.15, 0.2) is 0 Å². The molecule has 0 bridgehead atoms. The first-order valence-electron chi connectivity index (χ1n) is 8.06. The molecule has 0 radical (unpaired) electrons. The summed E-state index contributed by atoms with van der Waals surface area (Å²) in [6.07, 6.45) is 0. The Kier molecular flexibility index (Phi) is 5.78. The first-order valence-corrected chi connectivity index (χ1v) is 8.06. The zero-order chi connectivity index (χ0) is 17.0. The van der Waals surface area contributed by atoms with Crippen molar-refractivity contribution in [2.45, 2.75) is 26.7 Å². The van der Waals surface area contributed by atoms with Crippen LogP contribution in [0, 0.1) is 12.7 Å². The third-order valence-electron chi connectivity index (χ3n) is 3.88. The third kappa shape index (κ3) is 4.55. The molecule has 0 amide bonds. The first kappa shape index (κ1) is 17.5. The maximum absolute atomic E-state index is 14.2. The van der Waals surface area contributed by atoms with Gasteiger partial charge in [0.25, 0.3) is 0 Å². The lowest BCUT2D eigenvalue weighted by Gasteiger charge is -2.14. The van der Waals surface area contributed by atoms with E-state index in [-0.39, 0.29) is 11.7 Å². The predicted molar refractivity (Wildman–Crippen MR) is 94.7 cm³/mol. The highest BCUT2D eigenvalue weighted by Gasteiger charge is 2.12. The van der Waals surface area contributed by atoms with Crippen LogP contribution in [0.25, 0.3) is 11.1 Å². The number of halogens is 1. The Morgan fingerprint density at radius 2 is 1.83 bits per heavy atom. The van der Waals surface area contributed by atoms with Crippen molar-refractivity contribution in [1.29, 1.82) is 0 Å². The molecule has 2 rings (SSSR count). The van der Waals surface area contributed by atoms with E-state index in [9.17, 15) is 4.39 Å². The van der Waals surface area contributed by atoms with Crippen molar-refractivity contribution in [1.82, 2.24) is 4.90 Å². The van der Waals surface area contributed by atoms with Crippen LogP contribution in [0.3, 0.4) is 0 Å². The molecule has 0 N–H and O–H groups in total. The van der Waals surface area contributed by atoms with Crippen molar-refractivity contribution in [3.63, 3.8) is 0 Å². The fourth-order valence-electron chi connectivity index (χ4n) is 2.50. The second-order valence-corrected chi connectivity index (χ2v) is 6.53. The van der Waals surface area contributed by atoms with Gasteiger partial charge >= 0.3 is 0 Å². The molecule has 23 heavy (non-hydrogen) atoms. The van der Waals surface area contributed by atoms with Crippen LogP contribution in [0.2, 0.25) is 0 Å². The van der Waals surface area contributed by atoms with E-state index in [2.05, 4.69) is 4.90 Å². The second-order valence-electron chi connectivity index (χ2n) is 6.53. The van der Waals surface area contributed by atoms with Gasteiger partial charge < -0.3 is 9.64 Å². The fourth-order valence-corrected chi connectivity index (χ4v) is 2.50. The van der Waals surface area contributed by atoms with Gasteiger partial charge in [0.05, 0.1) is 0 Å². The highest BCUT2D eigenvalue weighted by atomic mass is 19.1. The minimum absolute atomic E-state index is 0.0952. The van der Waals surface area contributed by atoms with Gasteiger partial charge in [-0.3, -0.25) is 0 Å². The van der Waals surface area contributed by atoms with Gasteiger partial charge in [-0.15, -0.1) is 0 Å². The molecule has 0 saturated heterocycles. The van der Waals surface area contributed by atoms with Crippen molar-refractivity contribution in [2.75, 3.05) is 27.2 Å². The van der Waals surface area contributed by atoms with Crippen molar-refractivity contribution in [3.8, 4) is 16.9 Å². The summed E-state index contributed by atoms with van der Waals surface area (Å²) in [4.78, 5) is 2.09. The van der Waals surface area contributed by atoms with E-state index in [1.807, 2.05) is 71.3 Å². The fraction of sp³-hybridized carbons (Fsp3) is 0.400. The van der Waals surface area contributed by atoms with E-state index in [1.54, 1.807) is 0 Å². The largest absolute Gasteiger partial charge is 0.492 e. The van der Waals surface area contributed by atoms with Gasteiger partial charge in [-0.1, -0.05) is 26.0 Å². The molecule has 124 valence electrons. The molecular formula is C20H26FNO. The summed E-state index contributed by atoms with van der Waals surface area (Å²) >= 11 is 0. The van der Waals surface area contributed by atoms with Gasteiger partial charge in [-0.25, -0.2) is 4.39 Å². The number of ether oxygens (including phenoxy) is 1. The zero-order valence-electron chi connectivity index (χ0n) is 14.7. The van der Waals surface area contributed by atoms with E-state index < -0.39 is 0 Å². The quantitative estimate of drug-likeness (QED) is 0.754. The lowest BCUT2D eigenvalue weighted by atomic mass is 9.94. The summed E-state index contributed by atoms with van der Waals surface area (Å²) in [7, 11) is 4.04. The first-order chi connectivity index (χ1) is 10.9. The molecule has 0 aliphatic heterocycles. The van der Waals surface area contributed by atoms with E-state index in [1.165, 1.54) is 0 Å². The van der Waals surface area contributed by atoms with Crippen LogP contribution in [-0.2, 0) is 0 Å². The van der Waals surface area contributed by atoms with Crippen molar-refractivity contribution in [2.24, 2.45) is 0 Å². The number of aryl methyl sites for hydroxylation is 1. The Morgan fingerprint density at radius 3 is 2.48 bits per heavy atom. The summed E-state index contributed by atoms with van der Waals surface area (Å²) in [5.74, 6) is 0.910. The van der Waals surface area contributed by atoms with Crippen LogP contribution >= 0.6 is 0 Å². The normalized spacial score (nSPS) is 11.3. The molecule has 2 nitrogen and oxygen atoms in total. The minimum atomic E-state index is -0.0952. The Labute approximate surface area is 138 Å². The Bertz CT molecular complexity index is 665. The van der Waals surface area contributed by atoms with Crippen molar-refractivity contribution in [3.05, 3.63) is 53.3 Å². The molecule has 3 heteroatoms. The van der Waals surface area contributed by atoms with Crippen LogP contribution in [0.4, 0.5) is 4.39 Å². The van der Waals surface area contributed by atoms with E-state index in [0.717, 1.165) is 29.0 Å². The Hall–Kier alpha value is -1.87. The van der Waals surface area contributed by atoms with Gasteiger partial charge in [0.1, 0.15) is 18.2 Å².